The van der Waals surface area contributed by atoms with E-state index in [0.717, 1.165) is 10.4 Å². The molecule has 0 bridgehead atoms. The average Bonchev–Trinajstić information content (AvgIpc) is 3.03. The van der Waals surface area contributed by atoms with Crippen molar-refractivity contribution < 1.29 is 14.0 Å². The molecule has 28 heavy (non-hydrogen) atoms. The standard InChI is InChI=1S/C20H15N3O4S/c1-11(24)23-7-6-13-15(9-21)19(28-17(13)10-23)22-18(25)14-8-12-4-2-3-5-16(12)27-20(14)26/h2-5,8H,6-7,10H2,1H3,(H,22,25). The predicted molar refractivity (Wildman–Crippen MR) is 104 cm³/mol. The molecular formula is C20H15N3O4S. The number of rotatable bonds is 2. The quantitative estimate of drug-likeness (QED) is 0.674. The van der Waals surface area contributed by atoms with Gasteiger partial charge in [-0.3, -0.25) is 9.59 Å². The minimum atomic E-state index is -0.737. The summed E-state index contributed by atoms with van der Waals surface area (Å²) in [5.41, 5.74) is 0.781. The molecule has 0 aliphatic carbocycles. The Morgan fingerprint density at radius 1 is 1.32 bits per heavy atom. The molecule has 7 nitrogen and oxygen atoms in total. The Labute approximate surface area is 163 Å². The highest BCUT2D eigenvalue weighted by Gasteiger charge is 2.27. The molecule has 0 spiro atoms. The van der Waals surface area contributed by atoms with Crippen LogP contribution >= 0.6 is 11.3 Å². The van der Waals surface area contributed by atoms with Gasteiger partial charge in [0.1, 0.15) is 22.2 Å². The van der Waals surface area contributed by atoms with Crippen LogP contribution in [-0.4, -0.2) is 23.3 Å². The fourth-order valence-electron chi connectivity index (χ4n) is 3.27. The molecule has 3 aromatic rings. The zero-order valence-electron chi connectivity index (χ0n) is 14.9. The zero-order valence-corrected chi connectivity index (χ0v) is 15.8. The number of hydrogen-bond donors (Lipinski definition) is 1. The molecule has 2 amide bonds. The lowest BCUT2D eigenvalue weighted by molar-refractivity contribution is -0.129. The lowest BCUT2D eigenvalue weighted by atomic mass is 10.0. The number of anilines is 1. The number of nitriles is 1. The van der Waals surface area contributed by atoms with Gasteiger partial charge in [0.2, 0.25) is 5.91 Å². The van der Waals surface area contributed by atoms with Crippen LogP contribution in [0.3, 0.4) is 0 Å². The number of thiophene rings is 1. The maximum absolute atomic E-state index is 12.7. The highest BCUT2D eigenvalue weighted by Crippen LogP contribution is 2.36. The largest absolute Gasteiger partial charge is 0.422 e. The van der Waals surface area contributed by atoms with E-state index in [1.54, 1.807) is 29.2 Å². The third kappa shape index (κ3) is 3.06. The molecule has 0 unspecified atom stereocenters. The number of hydrogen-bond acceptors (Lipinski definition) is 6. The minimum absolute atomic E-state index is 0.0306. The van der Waals surface area contributed by atoms with Crippen LogP contribution in [0.15, 0.2) is 39.5 Å². The third-order valence-electron chi connectivity index (χ3n) is 4.73. The van der Waals surface area contributed by atoms with Gasteiger partial charge in [-0.15, -0.1) is 11.3 Å². The van der Waals surface area contributed by atoms with Crippen LogP contribution < -0.4 is 10.9 Å². The summed E-state index contributed by atoms with van der Waals surface area (Å²) in [5, 5.41) is 13.3. The Balaban J connectivity index is 1.68. The van der Waals surface area contributed by atoms with E-state index in [0.29, 0.717) is 41.0 Å². The Hall–Kier alpha value is -3.44. The molecule has 0 saturated heterocycles. The van der Waals surface area contributed by atoms with Gasteiger partial charge < -0.3 is 14.6 Å². The monoisotopic (exact) mass is 393 g/mol. The fourth-order valence-corrected chi connectivity index (χ4v) is 4.48. The number of fused-ring (bicyclic) bond motifs is 2. The van der Waals surface area contributed by atoms with Crippen molar-refractivity contribution in [3.8, 4) is 6.07 Å². The second kappa shape index (κ2) is 6.94. The molecule has 4 rings (SSSR count). The van der Waals surface area contributed by atoms with Crippen molar-refractivity contribution in [1.29, 1.82) is 5.26 Å². The molecule has 1 aromatic carbocycles. The maximum atomic E-state index is 12.7. The van der Waals surface area contributed by atoms with E-state index in [4.69, 9.17) is 4.42 Å². The molecule has 0 radical (unpaired) electrons. The van der Waals surface area contributed by atoms with Gasteiger partial charge in [-0.25, -0.2) is 4.79 Å². The Bertz CT molecular complexity index is 1220. The van der Waals surface area contributed by atoms with Gasteiger partial charge in [0, 0.05) is 23.7 Å². The first-order valence-electron chi connectivity index (χ1n) is 8.62. The molecule has 1 N–H and O–H groups in total. The average molecular weight is 393 g/mol. The molecule has 0 fully saturated rings. The number of para-hydroxylation sites is 1. The number of amides is 2. The van der Waals surface area contributed by atoms with Crippen LogP contribution in [-0.2, 0) is 17.8 Å². The SMILES string of the molecule is CC(=O)N1CCc2c(sc(NC(=O)c3cc4ccccc4oc3=O)c2C#N)C1. The van der Waals surface area contributed by atoms with E-state index in [-0.39, 0.29) is 11.5 Å². The number of carbonyl (C=O) groups is 2. The van der Waals surface area contributed by atoms with Crippen LogP contribution in [0, 0.1) is 11.3 Å². The molecule has 2 aromatic heterocycles. The normalized spacial score (nSPS) is 13.1. The van der Waals surface area contributed by atoms with Crippen molar-refractivity contribution >= 4 is 39.1 Å². The molecule has 8 heteroatoms. The first kappa shape index (κ1) is 17.9. The Morgan fingerprint density at radius 2 is 2.11 bits per heavy atom. The lowest BCUT2D eigenvalue weighted by Crippen LogP contribution is -2.33. The highest BCUT2D eigenvalue weighted by molar-refractivity contribution is 7.16. The molecule has 0 atom stereocenters. The lowest BCUT2D eigenvalue weighted by Gasteiger charge is -2.25. The first-order valence-corrected chi connectivity index (χ1v) is 9.44. The molecule has 1 aliphatic rings. The maximum Gasteiger partial charge on any atom is 0.349 e. The Kier molecular flexibility index (Phi) is 4.45. The predicted octanol–water partition coefficient (Wildman–Crippen LogP) is 2.88. The number of carbonyl (C=O) groups excluding carboxylic acids is 2. The summed E-state index contributed by atoms with van der Waals surface area (Å²) in [5.74, 6) is -0.657. The molecule has 3 heterocycles. The Morgan fingerprint density at radius 3 is 2.86 bits per heavy atom. The van der Waals surface area contributed by atoms with Crippen LogP contribution in [0.5, 0.6) is 0 Å². The van der Waals surface area contributed by atoms with Gasteiger partial charge in [0.25, 0.3) is 5.91 Å². The van der Waals surface area contributed by atoms with E-state index in [1.807, 2.05) is 0 Å². The molecule has 1 aliphatic heterocycles. The van der Waals surface area contributed by atoms with Crippen molar-refractivity contribution in [3.63, 3.8) is 0 Å². The van der Waals surface area contributed by atoms with Crippen molar-refractivity contribution in [2.24, 2.45) is 0 Å². The molecule has 0 saturated carbocycles. The number of nitrogens with one attached hydrogen (secondary N) is 1. The van der Waals surface area contributed by atoms with Crippen molar-refractivity contribution in [2.75, 3.05) is 11.9 Å². The minimum Gasteiger partial charge on any atom is -0.422 e. The van der Waals surface area contributed by atoms with Gasteiger partial charge >= 0.3 is 5.63 Å². The summed E-state index contributed by atoms with van der Waals surface area (Å²) in [4.78, 5) is 39.1. The second-order valence-corrected chi connectivity index (χ2v) is 7.55. The van der Waals surface area contributed by atoms with Gasteiger partial charge in [-0.1, -0.05) is 18.2 Å². The van der Waals surface area contributed by atoms with Crippen molar-refractivity contribution in [2.45, 2.75) is 19.9 Å². The van der Waals surface area contributed by atoms with Crippen LogP contribution in [0.25, 0.3) is 11.0 Å². The smallest absolute Gasteiger partial charge is 0.349 e. The summed E-state index contributed by atoms with van der Waals surface area (Å²) in [6.45, 7) is 2.46. The molecule has 140 valence electrons. The summed E-state index contributed by atoms with van der Waals surface area (Å²) in [6.07, 6.45) is 0.558. The van der Waals surface area contributed by atoms with Gasteiger partial charge in [0.15, 0.2) is 0 Å². The van der Waals surface area contributed by atoms with Crippen molar-refractivity contribution in [3.05, 3.63) is 62.3 Å². The summed E-state index contributed by atoms with van der Waals surface area (Å²) >= 11 is 1.26. The highest BCUT2D eigenvalue weighted by atomic mass is 32.1. The van der Waals surface area contributed by atoms with Crippen molar-refractivity contribution in [1.82, 2.24) is 4.90 Å². The third-order valence-corrected chi connectivity index (χ3v) is 5.86. The summed E-state index contributed by atoms with van der Waals surface area (Å²) in [7, 11) is 0. The fraction of sp³-hybridized carbons (Fsp3) is 0.200. The number of benzene rings is 1. The van der Waals surface area contributed by atoms with Crippen LogP contribution in [0.4, 0.5) is 5.00 Å². The van der Waals surface area contributed by atoms with E-state index < -0.39 is 11.5 Å². The van der Waals surface area contributed by atoms with E-state index in [2.05, 4.69) is 11.4 Å². The topological polar surface area (TPSA) is 103 Å². The van der Waals surface area contributed by atoms with E-state index in [9.17, 15) is 19.6 Å². The van der Waals surface area contributed by atoms with Crippen LogP contribution in [0.1, 0.15) is 33.3 Å². The zero-order chi connectivity index (χ0) is 19.8. The van der Waals surface area contributed by atoms with Gasteiger partial charge in [-0.05, 0) is 24.1 Å². The van der Waals surface area contributed by atoms with E-state index in [1.165, 1.54) is 24.3 Å². The number of nitrogens with zero attached hydrogens (tertiary/aromatic N) is 2. The second-order valence-electron chi connectivity index (χ2n) is 6.45. The van der Waals surface area contributed by atoms with Crippen LogP contribution in [0.2, 0.25) is 0 Å². The molecular weight excluding hydrogens is 378 g/mol. The summed E-state index contributed by atoms with van der Waals surface area (Å²) in [6, 6.07) is 10.5. The van der Waals surface area contributed by atoms with E-state index >= 15 is 0 Å². The van der Waals surface area contributed by atoms with Gasteiger partial charge in [-0.2, -0.15) is 5.26 Å². The first-order chi connectivity index (χ1) is 13.5. The van der Waals surface area contributed by atoms with Gasteiger partial charge in [0.05, 0.1) is 12.1 Å². The summed E-state index contributed by atoms with van der Waals surface area (Å²) < 4.78 is 5.21.